The van der Waals surface area contributed by atoms with Gasteiger partial charge in [0.1, 0.15) is 0 Å². The van der Waals surface area contributed by atoms with Crippen LogP contribution in [-0.4, -0.2) is 23.3 Å². The monoisotopic (exact) mass is 233 g/mol. The molecular formula is C14H19NO2. The van der Waals surface area contributed by atoms with Crippen molar-refractivity contribution in [2.45, 2.75) is 27.7 Å². The number of hydrogen-bond donors (Lipinski definition) is 0. The molecule has 1 aliphatic heterocycles. The highest BCUT2D eigenvalue weighted by molar-refractivity contribution is 6.20. The molecule has 17 heavy (non-hydrogen) atoms. The van der Waals surface area contributed by atoms with Gasteiger partial charge in [-0.1, -0.05) is 39.5 Å². The lowest BCUT2D eigenvalue weighted by Gasteiger charge is -2.25. The second kappa shape index (κ2) is 4.70. The zero-order valence-electron chi connectivity index (χ0n) is 10.9. The van der Waals surface area contributed by atoms with Gasteiger partial charge in [0, 0.05) is 17.7 Å². The normalized spacial score (nSPS) is 17.5. The molecule has 0 aromatic rings. The van der Waals surface area contributed by atoms with Crippen LogP contribution in [0.1, 0.15) is 27.7 Å². The van der Waals surface area contributed by atoms with Gasteiger partial charge in [-0.25, -0.2) is 0 Å². The zero-order chi connectivity index (χ0) is 13.2. The van der Waals surface area contributed by atoms with E-state index in [-0.39, 0.29) is 17.2 Å². The molecule has 0 fully saturated rings. The molecule has 0 aliphatic carbocycles. The molecule has 0 N–H and O–H groups in total. The highest BCUT2D eigenvalue weighted by Gasteiger charge is 2.36. The molecule has 3 heteroatoms. The van der Waals surface area contributed by atoms with Crippen molar-refractivity contribution in [3.63, 3.8) is 0 Å². The first-order valence-electron chi connectivity index (χ1n) is 5.64. The van der Waals surface area contributed by atoms with Crippen LogP contribution in [0.5, 0.6) is 0 Å². The minimum atomic E-state index is -0.208. The third kappa shape index (κ3) is 2.93. The second-order valence-electron chi connectivity index (χ2n) is 5.39. The first-order valence-corrected chi connectivity index (χ1v) is 5.64. The largest absolute Gasteiger partial charge is 0.274 e. The number of hydrogen-bond acceptors (Lipinski definition) is 2. The summed E-state index contributed by atoms with van der Waals surface area (Å²) in [7, 11) is 0. The predicted molar refractivity (Wildman–Crippen MR) is 68.2 cm³/mol. The van der Waals surface area contributed by atoms with Crippen LogP contribution in [0.2, 0.25) is 0 Å². The van der Waals surface area contributed by atoms with E-state index in [9.17, 15) is 9.59 Å². The van der Waals surface area contributed by atoms with Crippen LogP contribution in [0.3, 0.4) is 0 Å². The summed E-state index contributed by atoms with van der Waals surface area (Å²) < 4.78 is 0. The SMILES string of the molecule is C=C/C=C\C1=C(C)C(=O)N(CC(C)(C)C)C1=O. The Kier molecular flexibility index (Phi) is 3.71. The van der Waals surface area contributed by atoms with Crippen molar-refractivity contribution in [2.75, 3.05) is 6.54 Å². The number of imide groups is 1. The fraction of sp³-hybridized carbons (Fsp3) is 0.429. The molecular weight excluding hydrogens is 214 g/mol. The Hall–Kier alpha value is -1.64. The third-order valence-electron chi connectivity index (χ3n) is 2.48. The molecule has 0 radical (unpaired) electrons. The van der Waals surface area contributed by atoms with Crippen molar-refractivity contribution in [3.05, 3.63) is 36.0 Å². The summed E-state index contributed by atoms with van der Waals surface area (Å²) in [6, 6.07) is 0. The van der Waals surface area contributed by atoms with E-state index in [2.05, 4.69) is 6.58 Å². The van der Waals surface area contributed by atoms with Crippen LogP contribution in [0.15, 0.2) is 36.0 Å². The van der Waals surface area contributed by atoms with E-state index in [0.29, 0.717) is 17.7 Å². The number of carbonyl (C=O) groups excluding carboxylic acids is 2. The maximum Gasteiger partial charge on any atom is 0.261 e. The fourth-order valence-electron chi connectivity index (χ4n) is 1.69. The number of rotatable bonds is 3. The van der Waals surface area contributed by atoms with Gasteiger partial charge in [0.2, 0.25) is 0 Å². The van der Waals surface area contributed by atoms with E-state index in [1.165, 1.54) is 4.90 Å². The molecule has 1 rings (SSSR count). The van der Waals surface area contributed by atoms with E-state index in [1.807, 2.05) is 20.8 Å². The molecule has 2 amide bonds. The lowest BCUT2D eigenvalue weighted by Crippen LogP contribution is -2.38. The summed E-state index contributed by atoms with van der Waals surface area (Å²) in [6.07, 6.45) is 4.90. The minimum Gasteiger partial charge on any atom is -0.274 e. The van der Waals surface area contributed by atoms with E-state index in [4.69, 9.17) is 0 Å². The van der Waals surface area contributed by atoms with Gasteiger partial charge in [0.15, 0.2) is 0 Å². The Morgan fingerprint density at radius 2 is 1.82 bits per heavy atom. The second-order valence-corrected chi connectivity index (χ2v) is 5.39. The van der Waals surface area contributed by atoms with Gasteiger partial charge >= 0.3 is 0 Å². The first kappa shape index (κ1) is 13.4. The Balaban J connectivity index is 2.99. The van der Waals surface area contributed by atoms with Crippen LogP contribution >= 0.6 is 0 Å². The Labute approximate surface area is 102 Å². The zero-order valence-corrected chi connectivity index (χ0v) is 10.9. The average Bonchev–Trinajstić information content (AvgIpc) is 2.40. The van der Waals surface area contributed by atoms with E-state index >= 15 is 0 Å². The molecule has 0 spiro atoms. The molecule has 0 saturated heterocycles. The number of amides is 2. The van der Waals surface area contributed by atoms with Crippen LogP contribution in [0, 0.1) is 5.41 Å². The summed E-state index contributed by atoms with van der Waals surface area (Å²) in [5, 5.41) is 0. The standard InChI is InChI=1S/C14H19NO2/c1-6-7-8-11-10(2)12(16)15(13(11)17)9-14(3,4)5/h6-8H,1,9H2,2-5H3/b8-7-. The van der Waals surface area contributed by atoms with Gasteiger partial charge < -0.3 is 0 Å². The maximum atomic E-state index is 12.1. The molecule has 0 unspecified atom stereocenters. The molecule has 0 aromatic carbocycles. The van der Waals surface area contributed by atoms with Crippen LogP contribution in [0.25, 0.3) is 0 Å². The number of nitrogens with zero attached hydrogens (tertiary/aromatic N) is 1. The molecule has 3 nitrogen and oxygen atoms in total. The summed E-state index contributed by atoms with van der Waals surface area (Å²) in [5.74, 6) is -0.394. The van der Waals surface area contributed by atoms with Gasteiger partial charge in [-0.15, -0.1) is 0 Å². The third-order valence-corrected chi connectivity index (χ3v) is 2.48. The quantitative estimate of drug-likeness (QED) is 0.554. The molecule has 0 atom stereocenters. The summed E-state index contributed by atoms with van der Waals surface area (Å²) in [5.41, 5.74) is 0.889. The van der Waals surface area contributed by atoms with Crippen LogP contribution in [-0.2, 0) is 9.59 Å². The predicted octanol–water partition coefficient (Wildman–Crippen LogP) is 2.46. The van der Waals surface area contributed by atoms with Crippen LogP contribution < -0.4 is 0 Å². The van der Waals surface area contributed by atoms with Crippen molar-refractivity contribution in [1.29, 1.82) is 0 Å². The van der Waals surface area contributed by atoms with Gasteiger partial charge in [-0.05, 0) is 18.4 Å². The first-order chi connectivity index (χ1) is 7.78. The van der Waals surface area contributed by atoms with Crippen molar-refractivity contribution in [1.82, 2.24) is 4.90 Å². The molecule has 0 aromatic heterocycles. The maximum absolute atomic E-state index is 12.1. The number of carbonyl (C=O) groups is 2. The molecule has 1 aliphatic rings. The number of allylic oxidation sites excluding steroid dienone is 2. The van der Waals surface area contributed by atoms with Gasteiger partial charge in [0.25, 0.3) is 11.8 Å². The van der Waals surface area contributed by atoms with Crippen LogP contribution in [0.4, 0.5) is 0 Å². The van der Waals surface area contributed by atoms with Crippen molar-refractivity contribution in [3.8, 4) is 0 Å². The van der Waals surface area contributed by atoms with Crippen molar-refractivity contribution >= 4 is 11.8 Å². The van der Waals surface area contributed by atoms with E-state index < -0.39 is 0 Å². The average molecular weight is 233 g/mol. The Morgan fingerprint density at radius 1 is 1.24 bits per heavy atom. The highest BCUT2D eigenvalue weighted by Crippen LogP contribution is 2.25. The van der Waals surface area contributed by atoms with Gasteiger partial charge in [-0.2, -0.15) is 0 Å². The lowest BCUT2D eigenvalue weighted by atomic mass is 9.96. The lowest BCUT2D eigenvalue weighted by molar-refractivity contribution is -0.138. The Bertz CT molecular complexity index is 422. The topological polar surface area (TPSA) is 37.4 Å². The summed E-state index contributed by atoms with van der Waals surface area (Å²) in [6.45, 7) is 11.7. The minimum absolute atomic E-state index is 0.0940. The van der Waals surface area contributed by atoms with Gasteiger partial charge in [0.05, 0.1) is 0 Å². The van der Waals surface area contributed by atoms with Gasteiger partial charge in [-0.3, -0.25) is 14.5 Å². The van der Waals surface area contributed by atoms with Crippen molar-refractivity contribution in [2.24, 2.45) is 5.41 Å². The molecule has 92 valence electrons. The molecule has 1 heterocycles. The van der Waals surface area contributed by atoms with E-state index in [1.54, 1.807) is 25.2 Å². The fourth-order valence-corrected chi connectivity index (χ4v) is 1.69. The van der Waals surface area contributed by atoms with E-state index in [0.717, 1.165) is 0 Å². The van der Waals surface area contributed by atoms with Crippen molar-refractivity contribution < 1.29 is 9.59 Å². The Morgan fingerprint density at radius 3 is 2.29 bits per heavy atom. The summed E-state index contributed by atoms with van der Waals surface area (Å²) >= 11 is 0. The molecule has 0 bridgehead atoms. The highest BCUT2D eigenvalue weighted by atomic mass is 16.2. The smallest absolute Gasteiger partial charge is 0.261 e. The summed E-state index contributed by atoms with van der Waals surface area (Å²) in [4.78, 5) is 25.3. The molecule has 0 saturated carbocycles.